The summed E-state index contributed by atoms with van der Waals surface area (Å²) >= 11 is 2.35. The standard InChI is InChI=1S/C27H40INO4/c1-9-32-25(31)24(33-26(4,5)6)22-16(2)18-14-21(30)29(15-19(18)17(3)23(22)28)20-12-10-11-13-27(20,7)8/h20,24H,9-15H2,1-8H3/t20?,24-/m0/s1. The molecule has 6 heteroatoms. The summed E-state index contributed by atoms with van der Waals surface area (Å²) < 4.78 is 12.7. The molecule has 1 unspecified atom stereocenters. The van der Waals surface area contributed by atoms with E-state index in [1.807, 2.05) is 34.6 Å². The van der Waals surface area contributed by atoms with Gasteiger partial charge in [0, 0.05) is 21.7 Å². The molecule has 1 aromatic rings. The molecular formula is C27H40INO4. The number of benzene rings is 1. The maximum absolute atomic E-state index is 13.4. The third kappa shape index (κ3) is 5.42. The van der Waals surface area contributed by atoms with E-state index in [2.05, 4.69) is 48.3 Å². The van der Waals surface area contributed by atoms with Gasteiger partial charge < -0.3 is 14.4 Å². The minimum atomic E-state index is -0.814. The van der Waals surface area contributed by atoms with E-state index in [0.29, 0.717) is 19.6 Å². The summed E-state index contributed by atoms with van der Waals surface area (Å²) in [6, 6.07) is 0.278. The molecule has 2 atom stereocenters. The summed E-state index contributed by atoms with van der Waals surface area (Å²) in [6.45, 7) is 17.3. The number of carbonyl (C=O) groups excluding carboxylic acids is 2. The van der Waals surface area contributed by atoms with E-state index in [1.54, 1.807) is 0 Å². The van der Waals surface area contributed by atoms with Crippen molar-refractivity contribution in [3.8, 4) is 0 Å². The van der Waals surface area contributed by atoms with Crippen molar-refractivity contribution in [2.45, 2.75) is 112 Å². The predicted octanol–water partition coefficient (Wildman–Crippen LogP) is 6.18. The maximum Gasteiger partial charge on any atom is 0.340 e. The van der Waals surface area contributed by atoms with Crippen molar-refractivity contribution in [3.63, 3.8) is 0 Å². The van der Waals surface area contributed by atoms with Crippen LogP contribution in [0.3, 0.4) is 0 Å². The Balaban J connectivity index is 2.08. The Labute approximate surface area is 213 Å². The van der Waals surface area contributed by atoms with E-state index < -0.39 is 11.7 Å². The second kappa shape index (κ2) is 9.84. The van der Waals surface area contributed by atoms with Gasteiger partial charge >= 0.3 is 5.97 Å². The molecule has 2 aliphatic rings. The molecule has 1 amide bonds. The first kappa shape index (κ1) is 26.5. The van der Waals surface area contributed by atoms with Crippen LogP contribution in [0.25, 0.3) is 0 Å². The number of hydrogen-bond donors (Lipinski definition) is 0. The van der Waals surface area contributed by atoms with Crippen LogP contribution in [0.2, 0.25) is 0 Å². The Morgan fingerprint density at radius 2 is 1.85 bits per heavy atom. The summed E-state index contributed by atoms with van der Waals surface area (Å²) in [6.07, 6.45) is 4.23. The van der Waals surface area contributed by atoms with Crippen LogP contribution in [0.15, 0.2) is 0 Å². The highest BCUT2D eigenvalue weighted by atomic mass is 127. The average Bonchev–Trinajstić information content (AvgIpc) is 2.70. The molecule has 0 aromatic heterocycles. The molecular weight excluding hydrogens is 529 g/mol. The second-order valence-corrected chi connectivity index (χ2v) is 12.3. The molecule has 3 rings (SSSR count). The Kier molecular flexibility index (Phi) is 7.89. The molecule has 184 valence electrons. The van der Waals surface area contributed by atoms with Gasteiger partial charge in [0.1, 0.15) is 0 Å². The van der Waals surface area contributed by atoms with Crippen LogP contribution in [-0.4, -0.2) is 35.0 Å². The predicted molar refractivity (Wildman–Crippen MR) is 139 cm³/mol. The van der Waals surface area contributed by atoms with Crippen LogP contribution in [0, 0.1) is 22.8 Å². The van der Waals surface area contributed by atoms with E-state index in [0.717, 1.165) is 38.7 Å². The van der Waals surface area contributed by atoms with Crippen LogP contribution in [0.5, 0.6) is 0 Å². The number of rotatable bonds is 5. The van der Waals surface area contributed by atoms with Gasteiger partial charge in [-0.1, -0.05) is 26.7 Å². The summed E-state index contributed by atoms with van der Waals surface area (Å²) in [4.78, 5) is 28.6. The average molecular weight is 570 g/mol. The zero-order valence-electron chi connectivity index (χ0n) is 21.6. The molecule has 1 saturated carbocycles. The highest BCUT2D eigenvalue weighted by molar-refractivity contribution is 14.1. The van der Waals surface area contributed by atoms with Crippen LogP contribution in [0.4, 0.5) is 0 Å². The van der Waals surface area contributed by atoms with Crippen molar-refractivity contribution in [1.29, 1.82) is 0 Å². The van der Waals surface area contributed by atoms with Gasteiger partial charge in [0.2, 0.25) is 5.91 Å². The van der Waals surface area contributed by atoms with Gasteiger partial charge in [-0.15, -0.1) is 0 Å². The summed E-state index contributed by atoms with van der Waals surface area (Å²) in [7, 11) is 0. The quantitative estimate of drug-likeness (QED) is 0.314. The van der Waals surface area contributed by atoms with E-state index >= 15 is 0 Å². The fourth-order valence-corrected chi connectivity index (χ4v) is 6.54. The number of carbonyl (C=O) groups is 2. The molecule has 1 fully saturated rings. The van der Waals surface area contributed by atoms with Gasteiger partial charge in [-0.3, -0.25) is 4.79 Å². The van der Waals surface area contributed by atoms with E-state index in [1.165, 1.54) is 18.4 Å². The van der Waals surface area contributed by atoms with E-state index in [-0.39, 0.29) is 23.3 Å². The number of amides is 1. The SMILES string of the molecule is CCOC(=O)[C@@H](OC(C)(C)C)c1c(C)c2c(c(C)c1I)CN(C1CCCCC1(C)C)C(=O)C2. The molecule has 1 aliphatic heterocycles. The third-order valence-corrected chi connectivity index (χ3v) is 8.67. The highest BCUT2D eigenvalue weighted by Crippen LogP contribution is 2.43. The summed E-state index contributed by atoms with van der Waals surface area (Å²) in [5.41, 5.74) is 4.89. The first-order valence-electron chi connectivity index (χ1n) is 12.2. The molecule has 5 nitrogen and oxygen atoms in total. The lowest BCUT2D eigenvalue weighted by molar-refractivity contribution is -0.167. The van der Waals surface area contributed by atoms with Crippen LogP contribution in [0.1, 0.15) is 101 Å². The molecule has 0 N–H and O–H groups in total. The largest absolute Gasteiger partial charge is 0.464 e. The zero-order valence-corrected chi connectivity index (χ0v) is 23.7. The second-order valence-electron chi connectivity index (χ2n) is 11.2. The van der Waals surface area contributed by atoms with E-state index in [4.69, 9.17) is 9.47 Å². The Hall–Kier alpha value is -1.15. The molecule has 1 aliphatic carbocycles. The van der Waals surface area contributed by atoms with Crippen LogP contribution >= 0.6 is 22.6 Å². The summed E-state index contributed by atoms with van der Waals surface area (Å²) in [5.74, 6) is -0.179. The molecule has 0 bridgehead atoms. The molecule has 0 spiro atoms. The topological polar surface area (TPSA) is 55.8 Å². The lowest BCUT2D eigenvalue weighted by Crippen LogP contribution is -2.52. The normalized spacial score (nSPS) is 21.5. The molecule has 1 aromatic carbocycles. The van der Waals surface area contributed by atoms with Gasteiger partial charge in [-0.2, -0.15) is 0 Å². The van der Waals surface area contributed by atoms with Crippen molar-refractivity contribution >= 4 is 34.5 Å². The smallest absolute Gasteiger partial charge is 0.340 e. The first-order chi connectivity index (χ1) is 15.3. The molecule has 33 heavy (non-hydrogen) atoms. The van der Waals surface area contributed by atoms with Gasteiger partial charge in [0.15, 0.2) is 6.10 Å². The van der Waals surface area contributed by atoms with E-state index in [9.17, 15) is 9.59 Å². The van der Waals surface area contributed by atoms with Crippen molar-refractivity contribution in [3.05, 3.63) is 31.4 Å². The van der Waals surface area contributed by atoms with Gasteiger partial charge in [-0.05, 0) is 105 Å². The number of fused-ring (bicyclic) bond motifs is 1. The monoisotopic (exact) mass is 569 g/mol. The third-order valence-electron chi connectivity index (χ3n) is 7.28. The highest BCUT2D eigenvalue weighted by Gasteiger charge is 2.42. The van der Waals surface area contributed by atoms with Crippen molar-refractivity contribution in [2.75, 3.05) is 6.61 Å². The number of halogens is 1. The Bertz CT molecular complexity index is 931. The number of esters is 1. The number of nitrogens with zero attached hydrogens (tertiary/aromatic N) is 1. The number of ether oxygens (including phenoxy) is 2. The zero-order chi connectivity index (χ0) is 24.7. The Morgan fingerprint density at radius 3 is 2.42 bits per heavy atom. The van der Waals surface area contributed by atoms with Crippen LogP contribution < -0.4 is 0 Å². The molecule has 0 saturated heterocycles. The van der Waals surface area contributed by atoms with Crippen molar-refractivity contribution in [1.82, 2.24) is 4.90 Å². The minimum Gasteiger partial charge on any atom is -0.464 e. The lowest BCUT2D eigenvalue weighted by Gasteiger charge is -2.47. The fourth-order valence-electron chi connectivity index (χ4n) is 5.52. The van der Waals surface area contributed by atoms with Crippen LogP contribution in [-0.2, 0) is 32.0 Å². The summed E-state index contributed by atoms with van der Waals surface area (Å²) in [5, 5.41) is 0. The van der Waals surface area contributed by atoms with Gasteiger partial charge in [-0.25, -0.2) is 4.79 Å². The van der Waals surface area contributed by atoms with Crippen molar-refractivity contribution in [2.24, 2.45) is 5.41 Å². The van der Waals surface area contributed by atoms with Crippen molar-refractivity contribution < 1.29 is 19.1 Å². The first-order valence-corrected chi connectivity index (χ1v) is 13.3. The molecule has 0 radical (unpaired) electrons. The molecule has 1 heterocycles. The Morgan fingerprint density at radius 1 is 1.18 bits per heavy atom. The number of hydrogen-bond acceptors (Lipinski definition) is 4. The lowest BCUT2D eigenvalue weighted by atomic mass is 9.71. The minimum absolute atomic E-state index is 0.136. The maximum atomic E-state index is 13.4. The van der Waals surface area contributed by atoms with Gasteiger partial charge in [0.05, 0.1) is 18.6 Å². The fraction of sp³-hybridized carbons (Fsp3) is 0.704. The van der Waals surface area contributed by atoms with Gasteiger partial charge in [0.25, 0.3) is 0 Å².